The molecule has 0 saturated heterocycles. The van der Waals surface area contributed by atoms with Crippen molar-refractivity contribution in [3.8, 4) is 0 Å². The largest absolute Gasteiger partial charge is 0.245 e. The van der Waals surface area contributed by atoms with Crippen LogP contribution in [0.2, 0.25) is 5.15 Å². The molecule has 1 heterocycles. The predicted octanol–water partition coefficient (Wildman–Crippen LogP) is 2.90. The molecule has 1 aromatic heterocycles. The van der Waals surface area contributed by atoms with Gasteiger partial charge in [-0.3, -0.25) is 0 Å². The molecule has 0 aliphatic heterocycles. The van der Waals surface area contributed by atoms with Crippen LogP contribution in [0.15, 0.2) is 18.3 Å². The monoisotopic (exact) mass is 197 g/mol. The summed E-state index contributed by atoms with van der Waals surface area (Å²) < 4.78 is 0. The van der Waals surface area contributed by atoms with Crippen LogP contribution in [0.4, 0.5) is 0 Å². The van der Waals surface area contributed by atoms with E-state index in [-0.39, 0.29) is 12.4 Å². The second kappa shape index (κ2) is 4.78. The fourth-order valence-electron chi connectivity index (χ4n) is 0.526. The molecule has 56 valence electrons. The molecule has 0 saturated carbocycles. The van der Waals surface area contributed by atoms with Gasteiger partial charge in [0.15, 0.2) is 0 Å². The first kappa shape index (κ1) is 10.0. The van der Waals surface area contributed by atoms with Crippen molar-refractivity contribution in [3.63, 3.8) is 0 Å². The van der Waals surface area contributed by atoms with Gasteiger partial charge in [0.25, 0.3) is 0 Å². The van der Waals surface area contributed by atoms with E-state index in [9.17, 15) is 0 Å². The highest BCUT2D eigenvalue weighted by Crippen LogP contribution is 2.08. The Morgan fingerprint density at radius 2 is 2.20 bits per heavy atom. The van der Waals surface area contributed by atoms with E-state index in [1.54, 1.807) is 12.3 Å². The SMILES string of the molecule is Cl.ClCc1ccnc(Cl)c1. The Hall–Kier alpha value is 0.0200. The van der Waals surface area contributed by atoms with Crippen LogP contribution in [-0.4, -0.2) is 4.98 Å². The molecule has 0 atom stereocenters. The van der Waals surface area contributed by atoms with Gasteiger partial charge in [-0.2, -0.15) is 0 Å². The summed E-state index contributed by atoms with van der Waals surface area (Å²) in [5.41, 5.74) is 0.997. The van der Waals surface area contributed by atoms with Crippen molar-refractivity contribution >= 4 is 35.6 Å². The van der Waals surface area contributed by atoms with E-state index < -0.39 is 0 Å². The van der Waals surface area contributed by atoms with Crippen LogP contribution < -0.4 is 0 Å². The van der Waals surface area contributed by atoms with E-state index in [0.29, 0.717) is 11.0 Å². The van der Waals surface area contributed by atoms with Gasteiger partial charge in [0.2, 0.25) is 0 Å². The number of hydrogen-bond donors (Lipinski definition) is 0. The van der Waals surface area contributed by atoms with Gasteiger partial charge in [0.05, 0.1) is 0 Å². The summed E-state index contributed by atoms with van der Waals surface area (Å²) in [4.78, 5) is 3.79. The van der Waals surface area contributed by atoms with Crippen LogP contribution >= 0.6 is 35.6 Å². The maximum absolute atomic E-state index is 5.55. The minimum absolute atomic E-state index is 0. The van der Waals surface area contributed by atoms with E-state index >= 15 is 0 Å². The van der Waals surface area contributed by atoms with Crippen molar-refractivity contribution in [3.05, 3.63) is 29.0 Å². The van der Waals surface area contributed by atoms with Crippen LogP contribution in [0.25, 0.3) is 0 Å². The predicted molar refractivity (Wildman–Crippen MR) is 46.1 cm³/mol. The van der Waals surface area contributed by atoms with Gasteiger partial charge < -0.3 is 0 Å². The van der Waals surface area contributed by atoms with Crippen LogP contribution in [0, 0.1) is 0 Å². The maximum Gasteiger partial charge on any atom is 0.129 e. The lowest BCUT2D eigenvalue weighted by molar-refractivity contribution is 1.27. The van der Waals surface area contributed by atoms with Crippen molar-refractivity contribution in [1.82, 2.24) is 4.98 Å². The number of hydrogen-bond acceptors (Lipinski definition) is 1. The molecule has 0 spiro atoms. The maximum atomic E-state index is 5.55. The van der Waals surface area contributed by atoms with Crippen LogP contribution in [-0.2, 0) is 5.88 Å². The standard InChI is InChI=1S/C6H5Cl2N.ClH/c7-4-5-1-2-9-6(8)3-5;/h1-3H,4H2;1H. The Bertz CT molecular complexity index is 202. The van der Waals surface area contributed by atoms with Gasteiger partial charge in [-0.05, 0) is 17.7 Å². The number of halogens is 3. The van der Waals surface area contributed by atoms with Crippen molar-refractivity contribution in [2.45, 2.75) is 5.88 Å². The van der Waals surface area contributed by atoms with Gasteiger partial charge in [-0.1, -0.05) is 11.6 Å². The fourth-order valence-corrected chi connectivity index (χ4v) is 0.888. The lowest BCUT2D eigenvalue weighted by Crippen LogP contribution is -1.78. The van der Waals surface area contributed by atoms with Gasteiger partial charge in [0.1, 0.15) is 5.15 Å². The zero-order valence-corrected chi connectivity index (χ0v) is 7.38. The third-order valence-corrected chi connectivity index (χ3v) is 1.46. The zero-order valence-electron chi connectivity index (χ0n) is 5.05. The van der Waals surface area contributed by atoms with Crippen LogP contribution in [0.5, 0.6) is 0 Å². The Kier molecular flexibility index (Phi) is 4.79. The third-order valence-electron chi connectivity index (χ3n) is 0.945. The topological polar surface area (TPSA) is 12.9 Å². The average molecular weight is 198 g/mol. The normalized spacial score (nSPS) is 8.60. The molecule has 0 amide bonds. The van der Waals surface area contributed by atoms with Crippen LogP contribution in [0.3, 0.4) is 0 Å². The van der Waals surface area contributed by atoms with Gasteiger partial charge in [-0.15, -0.1) is 24.0 Å². The number of pyridine rings is 1. The molecule has 10 heavy (non-hydrogen) atoms. The van der Waals surface area contributed by atoms with E-state index in [0.717, 1.165) is 5.56 Å². The molecule has 1 nitrogen and oxygen atoms in total. The van der Waals surface area contributed by atoms with Crippen molar-refractivity contribution < 1.29 is 0 Å². The van der Waals surface area contributed by atoms with E-state index in [4.69, 9.17) is 23.2 Å². The molecular weight excluding hydrogens is 192 g/mol. The van der Waals surface area contributed by atoms with E-state index in [1.807, 2.05) is 6.07 Å². The molecule has 4 heteroatoms. The molecule has 0 aliphatic carbocycles. The van der Waals surface area contributed by atoms with Crippen LogP contribution in [0.1, 0.15) is 5.56 Å². The molecule has 1 rings (SSSR count). The molecule has 0 unspecified atom stereocenters. The second-order valence-corrected chi connectivity index (χ2v) is 2.27. The zero-order chi connectivity index (χ0) is 6.69. The summed E-state index contributed by atoms with van der Waals surface area (Å²) >= 11 is 11.1. The lowest BCUT2D eigenvalue weighted by Gasteiger charge is -1.91. The van der Waals surface area contributed by atoms with E-state index in [1.165, 1.54) is 0 Å². The Morgan fingerprint density at radius 1 is 1.50 bits per heavy atom. The van der Waals surface area contributed by atoms with Crippen molar-refractivity contribution in [1.29, 1.82) is 0 Å². The molecular formula is C6H6Cl3N. The smallest absolute Gasteiger partial charge is 0.129 e. The fraction of sp³-hybridized carbons (Fsp3) is 0.167. The third kappa shape index (κ3) is 2.74. The van der Waals surface area contributed by atoms with Gasteiger partial charge in [0, 0.05) is 12.1 Å². The number of aromatic nitrogens is 1. The summed E-state index contributed by atoms with van der Waals surface area (Å²) in [6.45, 7) is 0. The number of nitrogens with zero attached hydrogens (tertiary/aromatic N) is 1. The first-order valence-corrected chi connectivity index (χ1v) is 3.40. The second-order valence-electron chi connectivity index (χ2n) is 1.62. The summed E-state index contributed by atoms with van der Waals surface area (Å²) in [6.07, 6.45) is 1.64. The van der Waals surface area contributed by atoms with Crippen molar-refractivity contribution in [2.24, 2.45) is 0 Å². The molecule has 0 aliphatic rings. The Morgan fingerprint density at radius 3 is 2.60 bits per heavy atom. The van der Waals surface area contributed by atoms with Crippen molar-refractivity contribution in [2.75, 3.05) is 0 Å². The first-order valence-electron chi connectivity index (χ1n) is 2.49. The number of alkyl halides is 1. The number of rotatable bonds is 1. The minimum Gasteiger partial charge on any atom is -0.245 e. The molecule has 0 aromatic carbocycles. The molecule has 0 radical (unpaired) electrons. The molecule has 0 fully saturated rings. The summed E-state index contributed by atoms with van der Waals surface area (Å²) in [5.74, 6) is 0.488. The summed E-state index contributed by atoms with van der Waals surface area (Å²) in [6, 6.07) is 3.58. The summed E-state index contributed by atoms with van der Waals surface area (Å²) in [7, 11) is 0. The minimum atomic E-state index is 0. The van der Waals surface area contributed by atoms with Gasteiger partial charge >= 0.3 is 0 Å². The van der Waals surface area contributed by atoms with E-state index in [2.05, 4.69) is 4.98 Å². The lowest BCUT2D eigenvalue weighted by atomic mass is 10.3. The first-order chi connectivity index (χ1) is 4.33. The molecule has 0 bridgehead atoms. The summed E-state index contributed by atoms with van der Waals surface area (Å²) in [5, 5.41) is 0.494. The highest BCUT2D eigenvalue weighted by atomic mass is 35.5. The molecule has 0 N–H and O–H groups in total. The Labute approximate surface area is 75.8 Å². The highest BCUT2D eigenvalue weighted by Gasteiger charge is 1.89. The quantitative estimate of drug-likeness (QED) is 0.499. The average Bonchev–Trinajstić information content (AvgIpc) is 1.88. The van der Waals surface area contributed by atoms with Gasteiger partial charge in [-0.25, -0.2) is 4.98 Å². The highest BCUT2D eigenvalue weighted by molar-refractivity contribution is 6.29. The molecule has 1 aromatic rings. The Balaban J connectivity index is 0.000000810.